The number of aromatic amines is 1. The second-order valence-electron chi connectivity index (χ2n) is 9.03. The van der Waals surface area contributed by atoms with Gasteiger partial charge >= 0.3 is 5.97 Å². The Morgan fingerprint density at radius 1 is 1.08 bits per heavy atom. The Balaban J connectivity index is 1.42. The molecule has 1 atom stereocenters. The van der Waals surface area contributed by atoms with Crippen LogP contribution < -0.4 is 10.6 Å². The summed E-state index contributed by atoms with van der Waals surface area (Å²) in [6.45, 7) is 6.37. The third kappa shape index (κ3) is 6.10. The van der Waals surface area contributed by atoms with Crippen LogP contribution in [0.5, 0.6) is 0 Å². The molecule has 2 aromatic heterocycles. The first kappa shape index (κ1) is 25.0. The number of H-pyrrole nitrogens is 1. The first-order chi connectivity index (χ1) is 17.3. The van der Waals surface area contributed by atoms with Gasteiger partial charge in [0.1, 0.15) is 17.7 Å². The van der Waals surface area contributed by atoms with E-state index < -0.39 is 12.0 Å². The van der Waals surface area contributed by atoms with Crippen molar-refractivity contribution in [1.29, 1.82) is 0 Å². The number of carbonyl (C=O) groups is 1. The lowest BCUT2D eigenvalue weighted by atomic mass is 10.00. The van der Waals surface area contributed by atoms with Gasteiger partial charge in [-0.25, -0.2) is 14.2 Å². The number of carboxylic acid groups (broad SMARTS) is 1. The fraction of sp³-hybridized carbons (Fsp3) is 0.241. The molecule has 7 heteroatoms. The second-order valence-corrected chi connectivity index (χ2v) is 9.03. The van der Waals surface area contributed by atoms with Gasteiger partial charge in [0.2, 0.25) is 0 Å². The van der Waals surface area contributed by atoms with E-state index in [0.29, 0.717) is 30.6 Å². The minimum atomic E-state index is -0.948. The highest BCUT2D eigenvalue weighted by Crippen LogP contribution is 2.26. The van der Waals surface area contributed by atoms with Gasteiger partial charge in [0.15, 0.2) is 0 Å². The molecule has 186 valence electrons. The lowest BCUT2D eigenvalue weighted by molar-refractivity contribution is -0.137. The molecule has 4 rings (SSSR count). The fourth-order valence-corrected chi connectivity index (χ4v) is 4.27. The molecule has 6 nitrogen and oxygen atoms in total. The van der Waals surface area contributed by atoms with Crippen molar-refractivity contribution < 1.29 is 14.3 Å². The normalized spacial score (nSPS) is 11.8. The summed E-state index contributed by atoms with van der Waals surface area (Å²) in [6.07, 6.45) is 4.66. The number of halogens is 1. The van der Waals surface area contributed by atoms with Crippen LogP contribution in [0.25, 0.3) is 11.1 Å². The molecule has 0 aliphatic heterocycles. The lowest BCUT2D eigenvalue weighted by Gasteiger charge is -2.20. The molecule has 0 radical (unpaired) electrons. The van der Waals surface area contributed by atoms with Crippen molar-refractivity contribution in [3.05, 3.63) is 101 Å². The Bertz CT molecular complexity index is 1350. The summed E-state index contributed by atoms with van der Waals surface area (Å²) in [5, 5.41) is 16.3. The van der Waals surface area contributed by atoms with Crippen LogP contribution in [0.1, 0.15) is 34.9 Å². The zero-order valence-corrected chi connectivity index (χ0v) is 20.7. The molecule has 0 spiro atoms. The van der Waals surface area contributed by atoms with Crippen molar-refractivity contribution in [3.63, 3.8) is 0 Å². The molecule has 0 aliphatic carbocycles. The topological polar surface area (TPSA) is 90.0 Å². The third-order valence-electron chi connectivity index (χ3n) is 6.22. The van der Waals surface area contributed by atoms with E-state index in [1.54, 1.807) is 13.1 Å². The van der Waals surface area contributed by atoms with Crippen LogP contribution in [0.15, 0.2) is 67.0 Å². The summed E-state index contributed by atoms with van der Waals surface area (Å²) in [5.74, 6) is -0.428. The van der Waals surface area contributed by atoms with Gasteiger partial charge in [-0.15, -0.1) is 0 Å². The van der Waals surface area contributed by atoms with Gasteiger partial charge in [-0.05, 0) is 84.0 Å². The number of aryl methyl sites for hydroxylation is 3. The lowest BCUT2D eigenvalue weighted by Crippen LogP contribution is -2.32. The van der Waals surface area contributed by atoms with Crippen LogP contribution in [-0.2, 0) is 24.2 Å². The van der Waals surface area contributed by atoms with Crippen LogP contribution in [0.3, 0.4) is 0 Å². The number of anilines is 2. The smallest absolute Gasteiger partial charge is 0.326 e. The molecule has 1 unspecified atom stereocenters. The van der Waals surface area contributed by atoms with Gasteiger partial charge in [-0.2, -0.15) is 0 Å². The number of nitrogens with one attached hydrogen (secondary N) is 3. The summed E-state index contributed by atoms with van der Waals surface area (Å²) >= 11 is 0. The number of pyridine rings is 1. The maximum absolute atomic E-state index is 13.8. The quantitative estimate of drug-likeness (QED) is 0.217. The van der Waals surface area contributed by atoms with Crippen LogP contribution in [0.4, 0.5) is 15.9 Å². The van der Waals surface area contributed by atoms with Gasteiger partial charge in [0.25, 0.3) is 0 Å². The van der Waals surface area contributed by atoms with Crippen molar-refractivity contribution in [1.82, 2.24) is 9.97 Å². The average molecular weight is 487 g/mol. The standard InChI is InChI=1S/C29H31FN4O2/c1-4-21-14-24(30)12-19(3)28(21)34-26(29(35)36)13-20-5-7-22(8-6-20)23-15-25(32-16-23)17-33-27-11-18(2)9-10-31-27/h5-12,14-16,26,32,34H,4,13,17H2,1-3H3,(H,31,33)(H,35,36). The van der Waals surface area contributed by atoms with Crippen LogP contribution in [-0.4, -0.2) is 27.1 Å². The molecule has 0 fully saturated rings. The van der Waals surface area contributed by atoms with E-state index in [1.165, 1.54) is 12.1 Å². The molecular formula is C29H31FN4O2. The highest BCUT2D eigenvalue weighted by molar-refractivity contribution is 5.79. The first-order valence-electron chi connectivity index (χ1n) is 12.0. The molecule has 0 saturated heterocycles. The summed E-state index contributed by atoms with van der Waals surface area (Å²) in [4.78, 5) is 19.6. The van der Waals surface area contributed by atoms with E-state index in [1.807, 2.05) is 56.4 Å². The number of carboxylic acids is 1. The molecule has 4 N–H and O–H groups in total. The number of hydrogen-bond donors (Lipinski definition) is 4. The summed E-state index contributed by atoms with van der Waals surface area (Å²) in [5.41, 5.74) is 7.34. The van der Waals surface area contributed by atoms with Gasteiger partial charge in [0, 0.05) is 30.2 Å². The van der Waals surface area contributed by atoms with Crippen LogP contribution in [0.2, 0.25) is 0 Å². The van der Waals surface area contributed by atoms with Crippen molar-refractivity contribution in [2.75, 3.05) is 10.6 Å². The fourth-order valence-electron chi connectivity index (χ4n) is 4.27. The number of nitrogens with zero attached hydrogens (tertiary/aromatic N) is 1. The predicted octanol–water partition coefficient (Wildman–Crippen LogP) is 6.11. The van der Waals surface area contributed by atoms with E-state index in [0.717, 1.165) is 39.3 Å². The molecule has 0 saturated carbocycles. The number of aromatic nitrogens is 2. The van der Waals surface area contributed by atoms with Gasteiger partial charge < -0.3 is 20.7 Å². The Morgan fingerprint density at radius 2 is 1.86 bits per heavy atom. The van der Waals surface area contributed by atoms with Gasteiger partial charge in [-0.3, -0.25) is 0 Å². The zero-order valence-electron chi connectivity index (χ0n) is 20.7. The monoisotopic (exact) mass is 486 g/mol. The largest absolute Gasteiger partial charge is 0.480 e. The van der Waals surface area contributed by atoms with E-state index in [2.05, 4.69) is 26.7 Å². The molecule has 4 aromatic rings. The molecule has 2 aromatic carbocycles. The first-order valence-corrected chi connectivity index (χ1v) is 12.0. The Labute approximate surface area is 210 Å². The predicted molar refractivity (Wildman–Crippen MR) is 142 cm³/mol. The number of aliphatic carboxylic acids is 1. The minimum Gasteiger partial charge on any atom is -0.480 e. The molecule has 0 bridgehead atoms. The Kier molecular flexibility index (Phi) is 7.68. The molecule has 2 heterocycles. The second kappa shape index (κ2) is 11.1. The average Bonchev–Trinajstić information content (AvgIpc) is 3.33. The molecular weight excluding hydrogens is 455 g/mol. The zero-order chi connectivity index (χ0) is 25.7. The van der Waals surface area contributed by atoms with Crippen molar-refractivity contribution in [2.45, 2.75) is 46.2 Å². The third-order valence-corrected chi connectivity index (χ3v) is 6.22. The Hall–Kier alpha value is -4.13. The maximum Gasteiger partial charge on any atom is 0.326 e. The van der Waals surface area contributed by atoms with Gasteiger partial charge in [-0.1, -0.05) is 31.2 Å². The molecule has 36 heavy (non-hydrogen) atoms. The summed E-state index contributed by atoms with van der Waals surface area (Å²) < 4.78 is 13.8. The van der Waals surface area contributed by atoms with E-state index >= 15 is 0 Å². The SMILES string of the molecule is CCc1cc(F)cc(C)c1NC(Cc1ccc(-c2c[nH]c(CNc3cc(C)ccn3)c2)cc1)C(=O)O. The molecule has 0 aliphatic rings. The minimum absolute atomic E-state index is 0.307. The van der Waals surface area contributed by atoms with Crippen molar-refractivity contribution in [2.24, 2.45) is 0 Å². The highest BCUT2D eigenvalue weighted by atomic mass is 19.1. The van der Waals surface area contributed by atoms with E-state index in [-0.39, 0.29) is 5.82 Å². The number of rotatable bonds is 10. The Morgan fingerprint density at radius 3 is 2.56 bits per heavy atom. The highest BCUT2D eigenvalue weighted by Gasteiger charge is 2.20. The number of hydrogen-bond acceptors (Lipinski definition) is 4. The van der Waals surface area contributed by atoms with Crippen LogP contribution >= 0.6 is 0 Å². The van der Waals surface area contributed by atoms with E-state index in [4.69, 9.17) is 0 Å². The maximum atomic E-state index is 13.8. The van der Waals surface area contributed by atoms with Crippen molar-refractivity contribution in [3.8, 4) is 11.1 Å². The van der Waals surface area contributed by atoms with E-state index in [9.17, 15) is 14.3 Å². The number of benzene rings is 2. The van der Waals surface area contributed by atoms with Gasteiger partial charge in [0.05, 0.1) is 6.54 Å². The van der Waals surface area contributed by atoms with Crippen molar-refractivity contribution >= 4 is 17.5 Å². The summed E-state index contributed by atoms with van der Waals surface area (Å²) in [6, 6.07) is 16.0. The summed E-state index contributed by atoms with van der Waals surface area (Å²) in [7, 11) is 0. The van der Waals surface area contributed by atoms with Crippen LogP contribution in [0, 0.1) is 19.7 Å². The molecule has 0 amide bonds.